The predicted molar refractivity (Wildman–Crippen MR) is 74.1 cm³/mol. The third-order valence-electron chi connectivity index (χ3n) is 2.91. The largest absolute Gasteiger partial charge is 0.496 e. The normalized spacial score (nSPS) is 10.5. The molecule has 1 aromatic carbocycles. The van der Waals surface area contributed by atoms with E-state index in [4.69, 9.17) is 16.3 Å². The molecule has 0 saturated carbocycles. The molecule has 0 amide bonds. The van der Waals surface area contributed by atoms with Crippen LogP contribution in [0.4, 0.5) is 0 Å². The van der Waals surface area contributed by atoms with E-state index in [1.54, 1.807) is 23.9 Å². The third kappa shape index (κ3) is 2.49. The van der Waals surface area contributed by atoms with Gasteiger partial charge >= 0.3 is 0 Å². The number of hydrogen-bond donors (Lipinski definition) is 0. The van der Waals surface area contributed by atoms with E-state index in [1.807, 2.05) is 19.9 Å². The van der Waals surface area contributed by atoms with Crippen molar-refractivity contribution < 1.29 is 9.53 Å². The first-order valence-corrected chi connectivity index (χ1v) is 6.37. The summed E-state index contributed by atoms with van der Waals surface area (Å²) < 4.78 is 6.83. The number of benzene rings is 1. The van der Waals surface area contributed by atoms with Gasteiger partial charge in [-0.05, 0) is 26.0 Å². The number of halogens is 1. The zero-order valence-electron chi connectivity index (χ0n) is 11.1. The quantitative estimate of drug-likeness (QED) is 0.807. The third-order valence-corrected chi connectivity index (χ3v) is 3.19. The van der Waals surface area contributed by atoms with Crippen molar-refractivity contribution in [2.75, 3.05) is 7.11 Å². The summed E-state index contributed by atoms with van der Waals surface area (Å²) in [6.07, 6.45) is 1.49. The highest BCUT2D eigenvalue weighted by Gasteiger charge is 2.21. The van der Waals surface area contributed by atoms with Crippen molar-refractivity contribution in [2.45, 2.75) is 20.4 Å². The zero-order valence-corrected chi connectivity index (χ0v) is 11.9. The number of rotatable bonds is 4. The average Bonchev–Trinajstić information content (AvgIpc) is 2.79. The van der Waals surface area contributed by atoms with Crippen molar-refractivity contribution >= 4 is 17.4 Å². The lowest BCUT2D eigenvalue weighted by Gasteiger charge is -2.10. The first-order chi connectivity index (χ1) is 9.08. The van der Waals surface area contributed by atoms with Crippen molar-refractivity contribution in [2.24, 2.45) is 0 Å². The number of methoxy groups -OCH3 is 1. The van der Waals surface area contributed by atoms with Gasteiger partial charge < -0.3 is 4.74 Å². The molecule has 2 aromatic rings. The van der Waals surface area contributed by atoms with Crippen LogP contribution in [0.25, 0.3) is 0 Å². The second-order valence-corrected chi connectivity index (χ2v) is 4.60. The Morgan fingerprint density at radius 1 is 1.47 bits per heavy atom. The van der Waals surface area contributed by atoms with Gasteiger partial charge in [0.1, 0.15) is 11.4 Å². The molecule has 5 heteroatoms. The highest BCUT2D eigenvalue weighted by molar-refractivity contribution is 6.34. The first-order valence-electron chi connectivity index (χ1n) is 5.99. The van der Waals surface area contributed by atoms with Crippen LogP contribution in [-0.2, 0) is 6.54 Å². The number of ether oxygens (including phenoxy) is 1. The molecule has 4 nitrogen and oxygen atoms in total. The van der Waals surface area contributed by atoms with E-state index < -0.39 is 0 Å². The molecule has 19 heavy (non-hydrogen) atoms. The first kappa shape index (κ1) is 13.6. The van der Waals surface area contributed by atoms with Gasteiger partial charge in [0.25, 0.3) is 0 Å². The number of ketones is 1. The maximum absolute atomic E-state index is 12.6. The van der Waals surface area contributed by atoms with Gasteiger partial charge in [-0.3, -0.25) is 9.48 Å². The highest BCUT2D eigenvalue weighted by Crippen LogP contribution is 2.26. The van der Waals surface area contributed by atoms with Gasteiger partial charge in [0.15, 0.2) is 0 Å². The molecule has 0 bridgehead atoms. The minimum atomic E-state index is -0.176. The lowest BCUT2D eigenvalue weighted by molar-refractivity contribution is 0.102. The molecule has 0 aliphatic rings. The molecule has 0 radical (unpaired) electrons. The topological polar surface area (TPSA) is 44.1 Å². The molecule has 0 aliphatic heterocycles. The van der Waals surface area contributed by atoms with E-state index >= 15 is 0 Å². The number of nitrogens with zero attached hydrogens (tertiary/aromatic N) is 2. The van der Waals surface area contributed by atoms with Crippen molar-refractivity contribution in [3.05, 3.63) is 46.2 Å². The van der Waals surface area contributed by atoms with Crippen LogP contribution in [-0.4, -0.2) is 22.7 Å². The van der Waals surface area contributed by atoms with E-state index in [0.29, 0.717) is 28.6 Å². The minimum Gasteiger partial charge on any atom is -0.496 e. The van der Waals surface area contributed by atoms with Gasteiger partial charge in [-0.25, -0.2) is 0 Å². The smallest absolute Gasteiger partial charge is 0.216 e. The van der Waals surface area contributed by atoms with Crippen LogP contribution in [0.15, 0.2) is 24.4 Å². The second-order valence-electron chi connectivity index (χ2n) is 4.19. The van der Waals surface area contributed by atoms with Crippen molar-refractivity contribution in [1.82, 2.24) is 9.78 Å². The number of hydrogen-bond acceptors (Lipinski definition) is 3. The van der Waals surface area contributed by atoms with E-state index in [9.17, 15) is 4.79 Å². The Morgan fingerprint density at radius 3 is 2.84 bits per heavy atom. The summed E-state index contributed by atoms with van der Waals surface area (Å²) in [7, 11) is 1.54. The van der Waals surface area contributed by atoms with Gasteiger partial charge in [0.05, 0.1) is 23.9 Å². The lowest BCUT2D eigenvalue weighted by Crippen LogP contribution is -2.12. The Morgan fingerprint density at radius 2 is 2.21 bits per heavy atom. The molecule has 0 atom stereocenters. The van der Waals surface area contributed by atoms with E-state index in [2.05, 4.69) is 5.10 Å². The molecule has 0 aliphatic carbocycles. The standard InChI is InChI=1S/C14H15ClN2O2/c1-4-17-13(11(15)8-16-17)14(18)10-7-9(2)5-6-12(10)19-3/h5-8H,4H2,1-3H3. The summed E-state index contributed by atoms with van der Waals surface area (Å²) in [5, 5.41) is 4.44. The predicted octanol–water partition coefficient (Wildman–Crippen LogP) is 3.10. The minimum absolute atomic E-state index is 0.176. The number of aromatic nitrogens is 2. The summed E-state index contributed by atoms with van der Waals surface area (Å²) in [6.45, 7) is 4.42. The summed E-state index contributed by atoms with van der Waals surface area (Å²) in [4.78, 5) is 12.6. The van der Waals surface area contributed by atoms with Crippen molar-refractivity contribution in [3.8, 4) is 5.75 Å². The van der Waals surface area contributed by atoms with Crippen LogP contribution in [0.3, 0.4) is 0 Å². The second kappa shape index (κ2) is 5.45. The maximum atomic E-state index is 12.6. The van der Waals surface area contributed by atoms with Gasteiger partial charge in [-0.15, -0.1) is 0 Å². The number of carbonyl (C=O) groups is 1. The van der Waals surface area contributed by atoms with Crippen LogP contribution in [0.1, 0.15) is 28.5 Å². The summed E-state index contributed by atoms with van der Waals surface area (Å²) in [6, 6.07) is 5.47. The summed E-state index contributed by atoms with van der Waals surface area (Å²) >= 11 is 6.06. The Hall–Kier alpha value is -1.81. The number of carbonyl (C=O) groups excluding carboxylic acids is 1. The van der Waals surface area contributed by atoms with Crippen LogP contribution in [0.5, 0.6) is 5.75 Å². The van der Waals surface area contributed by atoms with E-state index in [-0.39, 0.29) is 5.78 Å². The Labute approximate surface area is 116 Å². The molecule has 0 spiro atoms. The van der Waals surface area contributed by atoms with Gasteiger partial charge in [0, 0.05) is 6.54 Å². The fourth-order valence-electron chi connectivity index (χ4n) is 1.95. The molecule has 0 unspecified atom stereocenters. The van der Waals surface area contributed by atoms with Crippen LogP contribution >= 0.6 is 11.6 Å². The van der Waals surface area contributed by atoms with E-state index in [1.165, 1.54) is 6.20 Å². The van der Waals surface area contributed by atoms with Crippen LogP contribution < -0.4 is 4.74 Å². The SMILES string of the molecule is CCn1ncc(Cl)c1C(=O)c1cc(C)ccc1OC. The Balaban J connectivity index is 2.55. The van der Waals surface area contributed by atoms with Gasteiger partial charge in [0.2, 0.25) is 5.78 Å². The maximum Gasteiger partial charge on any atom is 0.216 e. The molecule has 1 aromatic heterocycles. The fourth-order valence-corrected chi connectivity index (χ4v) is 2.18. The molecule has 0 N–H and O–H groups in total. The molecule has 2 rings (SSSR count). The molecule has 1 heterocycles. The van der Waals surface area contributed by atoms with Crippen molar-refractivity contribution in [3.63, 3.8) is 0 Å². The van der Waals surface area contributed by atoms with Gasteiger partial charge in [-0.2, -0.15) is 5.10 Å². The molecular weight excluding hydrogens is 264 g/mol. The van der Waals surface area contributed by atoms with E-state index in [0.717, 1.165) is 5.56 Å². The Kier molecular flexibility index (Phi) is 3.90. The summed E-state index contributed by atoms with van der Waals surface area (Å²) in [5.74, 6) is 0.361. The van der Waals surface area contributed by atoms with Crippen molar-refractivity contribution in [1.29, 1.82) is 0 Å². The highest BCUT2D eigenvalue weighted by atomic mass is 35.5. The lowest BCUT2D eigenvalue weighted by atomic mass is 10.0. The van der Waals surface area contributed by atoms with Crippen LogP contribution in [0, 0.1) is 6.92 Å². The molecule has 100 valence electrons. The molecule has 0 saturated heterocycles. The summed E-state index contributed by atoms with van der Waals surface area (Å²) in [5.41, 5.74) is 1.88. The molecule has 0 fully saturated rings. The fraction of sp³-hybridized carbons (Fsp3) is 0.286. The van der Waals surface area contributed by atoms with Crippen LogP contribution in [0.2, 0.25) is 5.02 Å². The average molecular weight is 279 g/mol. The Bertz CT molecular complexity index is 620. The molecular formula is C14H15ClN2O2. The van der Waals surface area contributed by atoms with Gasteiger partial charge in [-0.1, -0.05) is 23.2 Å². The monoisotopic (exact) mass is 278 g/mol. The zero-order chi connectivity index (χ0) is 14.0. The number of aryl methyl sites for hydroxylation is 2.